The second-order valence-electron chi connectivity index (χ2n) is 16.4. The fourth-order valence-electron chi connectivity index (χ4n) is 8.91. The number of rotatable bonds is 7. The number of methoxy groups -OCH3 is 1. The number of esters is 1. The Bertz CT molecular complexity index is 2900. The van der Waals surface area contributed by atoms with E-state index in [1.54, 1.807) is 22.3 Å². The lowest BCUT2D eigenvalue weighted by Crippen LogP contribution is -2.49. The van der Waals surface area contributed by atoms with E-state index < -0.39 is 17.1 Å². The van der Waals surface area contributed by atoms with Gasteiger partial charge in [0.25, 0.3) is 0 Å². The number of halogens is 1. The number of thioether (sulfide) groups is 1. The first-order valence-electron chi connectivity index (χ1n) is 21.6. The molecule has 18 heteroatoms. The number of nitrogens with one attached hydrogen (secondary N) is 1. The molecule has 6 heterocycles. The number of carbonyl (C=O) groups excluding carboxylic acids is 1. The zero-order chi connectivity index (χ0) is 45.4. The molecule has 0 aliphatic carbocycles. The van der Waals surface area contributed by atoms with Crippen LogP contribution >= 0.6 is 23.4 Å². The van der Waals surface area contributed by atoms with Gasteiger partial charge in [-0.1, -0.05) is 23.7 Å². The lowest BCUT2D eigenvalue weighted by molar-refractivity contribution is 0.0589. The van der Waals surface area contributed by atoms with Crippen LogP contribution in [0.25, 0.3) is 32.9 Å². The van der Waals surface area contributed by atoms with Crippen LogP contribution in [0.1, 0.15) is 45.2 Å². The van der Waals surface area contributed by atoms with Gasteiger partial charge in [0.2, 0.25) is 0 Å². The number of nitrogens with zero attached hydrogens (tertiary/aromatic N) is 9. The SMILES string of the molecule is COC(=O)c1c2c3ccc(Cl)c(c3n1C)-c1c(COc3ccc(N4CCN(S(=O)N(C)C)CC4)cc3)nn(C)c1CNCc1cc(n(C)n1)CSc1cc(c3ncccc3c1)OCCC2. The fraction of sp³-hybridized carbons (Fsp3) is 0.362. The maximum absolute atomic E-state index is 13.7. The van der Waals surface area contributed by atoms with Crippen molar-refractivity contribution in [2.24, 2.45) is 21.1 Å². The first-order valence-corrected chi connectivity index (χ1v) is 24.0. The molecule has 15 nitrogen and oxygen atoms in total. The van der Waals surface area contributed by atoms with E-state index in [0.29, 0.717) is 67.8 Å². The van der Waals surface area contributed by atoms with E-state index >= 15 is 0 Å². The molecule has 2 aliphatic heterocycles. The van der Waals surface area contributed by atoms with Gasteiger partial charge in [-0.25, -0.2) is 17.6 Å². The van der Waals surface area contributed by atoms with Crippen LogP contribution in [0, 0.1) is 0 Å². The van der Waals surface area contributed by atoms with Crippen molar-refractivity contribution < 1.29 is 23.2 Å². The van der Waals surface area contributed by atoms with Crippen molar-refractivity contribution in [2.75, 3.05) is 58.9 Å². The van der Waals surface area contributed by atoms with Crippen LogP contribution in [0.4, 0.5) is 5.69 Å². The van der Waals surface area contributed by atoms with E-state index in [0.717, 1.165) is 90.8 Å². The summed E-state index contributed by atoms with van der Waals surface area (Å²) in [4.78, 5) is 21.8. The van der Waals surface area contributed by atoms with Crippen molar-refractivity contribution in [3.63, 3.8) is 0 Å². The van der Waals surface area contributed by atoms with Gasteiger partial charge in [-0.3, -0.25) is 14.3 Å². The number of fused-ring (bicyclic) bond motifs is 8. The predicted molar refractivity (Wildman–Crippen MR) is 257 cm³/mol. The van der Waals surface area contributed by atoms with Crippen molar-refractivity contribution in [3.05, 3.63) is 112 Å². The van der Waals surface area contributed by atoms with Gasteiger partial charge in [0.15, 0.2) is 11.2 Å². The Kier molecular flexibility index (Phi) is 13.2. The summed E-state index contributed by atoms with van der Waals surface area (Å²) in [5.74, 6) is 1.70. The summed E-state index contributed by atoms with van der Waals surface area (Å²) >= 11 is 7.90. The summed E-state index contributed by atoms with van der Waals surface area (Å²) in [6.45, 7) is 4.50. The number of hydrogen-bond donors (Lipinski definition) is 1. The van der Waals surface area contributed by atoms with E-state index in [2.05, 4.69) is 51.6 Å². The molecule has 340 valence electrons. The van der Waals surface area contributed by atoms with Gasteiger partial charge in [-0.2, -0.15) is 10.2 Å². The van der Waals surface area contributed by atoms with Crippen molar-refractivity contribution in [3.8, 4) is 22.6 Å². The molecule has 65 heavy (non-hydrogen) atoms. The molecule has 0 radical (unpaired) electrons. The molecule has 9 rings (SSSR count). The van der Waals surface area contributed by atoms with E-state index in [1.807, 2.05) is 83.8 Å². The molecule has 1 atom stereocenters. The molecule has 4 aromatic heterocycles. The molecule has 0 saturated carbocycles. The molecule has 8 bridgehead atoms. The standard InChI is InChI=1S/C47H53ClN10O5S2/c1-53(2)65(60)58-20-18-57(19-21-58)32-11-13-34(14-12-32)63-28-39-43-40(56(5)52-39)27-49-26-31-24-33(55(4)51-31)29-64-35-23-30-9-7-17-50-44(30)41(25-35)62-22-8-10-36-37-15-16-38(48)42(43)45(37)54(3)46(36)47(59)61-6/h7,9,11-17,23-25,49H,8,10,18-22,26-29H2,1-6H3. The Hall–Kier alpha value is -5.43. The largest absolute Gasteiger partial charge is 0.491 e. The highest BCUT2D eigenvalue weighted by molar-refractivity contribution is 7.98. The highest BCUT2D eigenvalue weighted by Gasteiger charge is 2.29. The Morgan fingerprint density at radius 1 is 0.969 bits per heavy atom. The van der Waals surface area contributed by atoms with Crippen LogP contribution in [0.5, 0.6) is 11.5 Å². The van der Waals surface area contributed by atoms with Gasteiger partial charge in [0.1, 0.15) is 35.0 Å². The summed E-state index contributed by atoms with van der Waals surface area (Å²) in [6.07, 6.45) is 2.95. The van der Waals surface area contributed by atoms with Crippen LogP contribution in [-0.4, -0.2) is 102 Å². The number of carbonyl (C=O) groups is 1. The number of piperazine rings is 1. The number of pyridine rings is 1. The van der Waals surface area contributed by atoms with Gasteiger partial charge in [-0.15, -0.1) is 11.8 Å². The van der Waals surface area contributed by atoms with E-state index in [4.69, 9.17) is 36.0 Å². The summed E-state index contributed by atoms with van der Waals surface area (Å²) < 4.78 is 40.5. The van der Waals surface area contributed by atoms with Crippen molar-refractivity contribution in [1.82, 2.24) is 43.0 Å². The Morgan fingerprint density at radius 2 is 1.77 bits per heavy atom. The minimum atomic E-state index is -1.14. The molecule has 1 fully saturated rings. The smallest absolute Gasteiger partial charge is 0.354 e. The average molecular weight is 938 g/mol. The zero-order valence-corrected chi connectivity index (χ0v) is 39.9. The minimum Gasteiger partial charge on any atom is -0.491 e. The third-order valence-corrected chi connectivity index (χ3v) is 14.9. The zero-order valence-electron chi connectivity index (χ0n) is 37.5. The first kappa shape index (κ1) is 44.8. The second-order valence-corrected chi connectivity index (χ2v) is 19.6. The van der Waals surface area contributed by atoms with Crippen molar-refractivity contribution in [1.29, 1.82) is 0 Å². The highest BCUT2D eigenvalue weighted by Crippen LogP contribution is 2.43. The number of anilines is 1. The molecule has 1 saturated heterocycles. The molecule has 7 aromatic rings. The average Bonchev–Trinajstić information content (AvgIpc) is 3.93. The van der Waals surface area contributed by atoms with Crippen molar-refractivity contribution in [2.45, 2.75) is 43.2 Å². The number of aromatic nitrogens is 6. The molecule has 0 spiro atoms. The summed E-state index contributed by atoms with van der Waals surface area (Å²) in [5, 5.41) is 16.0. The number of benzene rings is 3. The van der Waals surface area contributed by atoms with E-state index in [-0.39, 0.29) is 6.61 Å². The highest BCUT2D eigenvalue weighted by atomic mass is 35.5. The predicted octanol–water partition coefficient (Wildman–Crippen LogP) is 7.05. The normalized spacial score (nSPS) is 15.8. The molecule has 3 aromatic carbocycles. The van der Waals surface area contributed by atoms with Crippen LogP contribution in [0.2, 0.25) is 5.02 Å². The third-order valence-electron chi connectivity index (χ3n) is 12.1. The number of aryl methyl sites for hydroxylation is 4. The molecule has 2 aliphatic rings. The number of hydrogen-bond acceptors (Lipinski definition) is 11. The van der Waals surface area contributed by atoms with Crippen LogP contribution in [0.3, 0.4) is 0 Å². The second kappa shape index (κ2) is 19.2. The lowest BCUT2D eigenvalue weighted by Gasteiger charge is -2.36. The molecule has 1 N–H and O–H groups in total. The summed E-state index contributed by atoms with van der Waals surface area (Å²) in [5.41, 5.74) is 9.18. The molecular formula is C47H53ClN10O5S2. The monoisotopic (exact) mass is 936 g/mol. The van der Waals surface area contributed by atoms with Crippen molar-refractivity contribution >= 4 is 68.0 Å². The van der Waals surface area contributed by atoms with Crippen LogP contribution < -0.4 is 19.7 Å². The van der Waals surface area contributed by atoms with E-state index in [1.165, 1.54) is 7.11 Å². The summed E-state index contributed by atoms with van der Waals surface area (Å²) in [7, 11) is 10.9. The quantitative estimate of drug-likeness (QED) is 0.165. The van der Waals surface area contributed by atoms with Crippen LogP contribution in [0.15, 0.2) is 77.8 Å². The Labute approximate surface area is 390 Å². The maximum atomic E-state index is 13.7. The van der Waals surface area contributed by atoms with Gasteiger partial charge < -0.3 is 29.0 Å². The lowest BCUT2D eigenvalue weighted by atomic mass is 9.97. The third kappa shape index (κ3) is 9.09. The summed E-state index contributed by atoms with van der Waals surface area (Å²) in [6, 6.07) is 22.3. The van der Waals surface area contributed by atoms with Gasteiger partial charge in [0, 0.05) is 125 Å². The maximum Gasteiger partial charge on any atom is 0.354 e. The molecule has 0 amide bonds. The van der Waals surface area contributed by atoms with Gasteiger partial charge >= 0.3 is 5.97 Å². The molecular weight excluding hydrogens is 884 g/mol. The van der Waals surface area contributed by atoms with Gasteiger partial charge in [-0.05, 0) is 73.0 Å². The van der Waals surface area contributed by atoms with Crippen LogP contribution in [-0.2, 0) is 68.9 Å². The number of ether oxygens (including phenoxy) is 3. The Balaban J connectivity index is 1.07. The fourth-order valence-corrected chi connectivity index (χ4v) is 11.1. The Morgan fingerprint density at radius 3 is 2.54 bits per heavy atom. The van der Waals surface area contributed by atoms with E-state index in [9.17, 15) is 9.00 Å². The van der Waals surface area contributed by atoms with Gasteiger partial charge in [0.05, 0.1) is 35.6 Å². The first-order chi connectivity index (χ1) is 31.5. The minimum absolute atomic E-state index is 0.161. The topological polar surface area (TPSA) is 137 Å². The molecule has 1 unspecified atom stereocenters.